The molecule has 0 heterocycles. The number of aliphatic hydroxyl groups is 1. The van der Waals surface area contributed by atoms with Crippen LogP contribution in [0.5, 0.6) is 0 Å². The maximum Gasteiger partial charge on any atom is 0.0846 e. The van der Waals surface area contributed by atoms with Crippen LogP contribution in [0.25, 0.3) is 10.8 Å². The third-order valence-corrected chi connectivity index (χ3v) is 4.19. The number of benzene rings is 2. The maximum absolute atomic E-state index is 10.3. The van der Waals surface area contributed by atoms with Gasteiger partial charge in [-0.05, 0) is 47.6 Å². The lowest BCUT2D eigenvalue weighted by Crippen LogP contribution is -2.18. The highest BCUT2D eigenvalue weighted by molar-refractivity contribution is 5.90. The van der Waals surface area contributed by atoms with E-state index in [0.717, 1.165) is 17.4 Å². The minimum atomic E-state index is -0.811. The van der Waals surface area contributed by atoms with Crippen LogP contribution in [-0.4, -0.2) is 5.11 Å². The van der Waals surface area contributed by atoms with Crippen molar-refractivity contribution in [2.24, 2.45) is 0 Å². The molecule has 0 aliphatic heterocycles. The summed E-state index contributed by atoms with van der Waals surface area (Å²) < 4.78 is 0. The van der Waals surface area contributed by atoms with Gasteiger partial charge in [0.1, 0.15) is 0 Å². The van der Waals surface area contributed by atoms with Gasteiger partial charge in [-0.1, -0.05) is 57.2 Å². The van der Waals surface area contributed by atoms with Crippen molar-refractivity contribution in [3.05, 3.63) is 47.5 Å². The van der Waals surface area contributed by atoms with Gasteiger partial charge in [0, 0.05) is 0 Å². The van der Waals surface area contributed by atoms with E-state index >= 15 is 0 Å². The fraction of sp³-hybridized carbons (Fsp3) is 0.444. The van der Waals surface area contributed by atoms with Crippen LogP contribution in [-0.2, 0) is 11.0 Å². The Labute approximate surface area is 116 Å². The summed E-state index contributed by atoms with van der Waals surface area (Å²) in [5.74, 6) is 0. The summed E-state index contributed by atoms with van der Waals surface area (Å²) in [7, 11) is 0. The Kier molecular flexibility index (Phi) is 3.44. The molecule has 0 aliphatic rings. The van der Waals surface area contributed by atoms with Crippen molar-refractivity contribution < 1.29 is 5.11 Å². The zero-order valence-corrected chi connectivity index (χ0v) is 12.6. The predicted molar refractivity (Wildman–Crippen MR) is 82.5 cm³/mol. The Bertz CT molecular complexity index is 588. The average molecular weight is 256 g/mol. The average Bonchev–Trinajstić information content (AvgIpc) is 2.36. The molecule has 19 heavy (non-hydrogen) atoms. The van der Waals surface area contributed by atoms with Crippen molar-refractivity contribution in [2.75, 3.05) is 0 Å². The lowest BCUT2D eigenvalue weighted by atomic mass is 9.78. The number of hydrogen-bond acceptors (Lipinski definition) is 1. The molecule has 1 N–H and O–H groups in total. The number of hydrogen-bond donors (Lipinski definition) is 1. The van der Waals surface area contributed by atoms with Gasteiger partial charge in [0.15, 0.2) is 0 Å². The first-order valence-corrected chi connectivity index (χ1v) is 7.02. The molecule has 0 amide bonds. The summed E-state index contributed by atoms with van der Waals surface area (Å²) >= 11 is 0. The molecule has 0 spiro atoms. The van der Waals surface area contributed by atoms with Crippen molar-refractivity contribution in [1.29, 1.82) is 0 Å². The van der Waals surface area contributed by atoms with E-state index in [-0.39, 0.29) is 5.41 Å². The summed E-state index contributed by atoms with van der Waals surface area (Å²) in [5, 5.41) is 12.8. The maximum atomic E-state index is 10.3. The SMILES string of the molecule is CCC(C)(C)c1cccc2c(C(C)(C)O)cccc12. The molecule has 0 fully saturated rings. The van der Waals surface area contributed by atoms with E-state index in [1.165, 1.54) is 10.9 Å². The largest absolute Gasteiger partial charge is 0.386 e. The Morgan fingerprint density at radius 3 is 1.79 bits per heavy atom. The van der Waals surface area contributed by atoms with Crippen LogP contribution in [0.1, 0.15) is 52.2 Å². The summed E-state index contributed by atoms with van der Waals surface area (Å²) in [6, 6.07) is 12.6. The normalized spacial score (nSPS) is 12.9. The minimum Gasteiger partial charge on any atom is -0.386 e. The van der Waals surface area contributed by atoms with E-state index in [9.17, 15) is 5.11 Å². The lowest BCUT2D eigenvalue weighted by Gasteiger charge is -2.27. The molecule has 2 rings (SSSR count). The van der Waals surface area contributed by atoms with Gasteiger partial charge in [0.05, 0.1) is 5.60 Å². The van der Waals surface area contributed by atoms with Crippen LogP contribution >= 0.6 is 0 Å². The van der Waals surface area contributed by atoms with E-state index in [0.29, 0.717) is 0 Å². The number of rotatable bonds is 3. The van der Waals surface area contributed by atoms with E-state index in [1.54, 1.807) is 0 Å². The second-order valence-corrected chi connectivity index (χ2v) is 6.50. The van der Waals surface area contributed by atoms with Gasteiger partial charge in [-0.3, -0.25) is 0 Å². The molecule has 2 aromatic rings. The quantitative estimate of drug-likeness (QED) is 0.839. The molecule has 0 atom stereocenters. The molecule has 0 aromatic heterocycles. The first-order valence-electron chi connectivity index (χ1n) is 7.02. The summed E-state index contributed by atoms with van der Waals surface area (Å²) in [5.41, 5.74) is 1.70. The van der Waals surface area contributed by atoms with Gasteiger partial charge >= 0.3 is 0 Å². The molecule has 0 aliphatic carbocycles. The topological polar surface area (TPSA) is 20.2 Å². The van der Waals surface area contributed by atoms with Gasteiger partial charge in [-0.2, -0.15) is 0 Å². The van der Waals surface area contributed by atoms with Crippen molar-refractivity contribution in [2.45, 2.75) is 52.1 Å². The van der Waals surface area contributed by atoms with Crippen LogP contribution in [0.15, 0.2) is 36.4 Å². The van der Waals surface area contributed by atoms with Gasteiger partial charge < -0.3 is 5.11 Å². The third kappa shape index (κ3) is 2.52. The van der Waals surface area contributed by atoms with Crippen molar-refractivity contribution in [3.8, 4) is 0 Å². The van der Waals surface area contributed by atoms with E-state index in [2.05, 4.69) is 45.0 Å². The Hall–Kier alpha value is -1.34. The Morgan fingerprint density at radius 1 is 0.842 bits per heavy atom. The van der Waals surface area contributed by atoms with E-state index in [1.807, 2.05) is 26.0 Å². The Morgan fingerprint density at radius 2 is 1.32 bits per heavy atom. The molecular weight excluding hydrogens is 232 g/mol. The van der Waals surface area contributed by atoms with Gasteiger partial charge in [-0.25, -0.2) is 0 Å². The summed E-state index contributed by atoms with van der Waals surface area (Å²) in [4.78, 5) is 0. The zero-order chi connectivity index (χ0) is 14.3. The third-order valence-electron chi connectivity index (χ3n) is 4.19. The Balaban J connectivity index is 2.79. The lowest BCUT2D eigenvalue weighted by molar-refractivity contribution is 0.0802. The smallest absolute Gasteiger partial charge is 0.0846 e. The minimum absolute atomic E-state index is 0.151. The van der Waals surface area contributed by atoms with Crippen LogP contribution < -0.4 is 0 Å². The fourth-order valence-corrected chi connectivity index (χ4v) is 2.62. The zero-order valence-electron chi connectivity index (χ0n) is 12.6. The van der Waals surface area contributed by atoms with Gasteiger partial charge in [-0.15, -0.1) is 0 Å². The monoisotopic (exact) mass is 256 g/mol. The highest BCUT2D eigenvalue weighted by Gasteiger charge is 2.23. The first-order chi connectivity index (χ1) is 8.77. The van der Waals surface area contributed by atoms with Gasteiger partial charge in [0.2, 0.25) is 0 Å². The van der Waals surface area contributed by atoms with E-state index < -0.39 is 5.60 Å². The standard InChI is InChI=1S/C18H24O/c1-6-17(2,3)15-11-7-10-14-13(15)9-8-12-16(14)18(4,5)19/h7-12,19H,6H2,1-5H3. The molecule has 0 bridgehead atoms. The molecule has 1 nitrogen and oxygen atoms in total. The summed E-state index contributed by atoms with van der Waals surface area (Å²) in [6.45, 7) is 10.5. The molecule has 0 saturated heterocycles. The molecule has 102 valence electrons. The number of fused-ring (bicyclic) bond motifs is 1. The predicted octanol–water partition coefficient (Wildman–Crippen LogP) is 4.75. The van der Waals surface area contributed by atoms with Crippen LogP contribution in [0.4, 0.5) is 0 Å². The van der Waals surface area contributed by atoms with Gasteiger partial charge in [0.25, 0.3) is 0 Å². The molecule has 2 aromatic carbocycles. The fourth-order valence-electron chi connectivity index (χ4n) is 2.62. The van der Waals surface area contributed by atoms with Crippen LogP contribution in [0.2, 0.25) is 0 Å². The first kappa shape index (κ1) is 14.1. The second-order valence-electron chi connectivity index (χ2n) is 6.50. The van der Waals surface area contributed by atoms with Crippen LogP contribution in [0.3, 0.4) is 0 Å². The summed E-state index contributed by atoms with van der Waals surface area (Å²) in [6.07, 6.45) is 1.10. The highest BCUT2D eigenvalue weighted by atomic mass is 16.3. The molecule has 1 heteroatoms. The molecule has 0 saturated carbocycles. The highest BCUT2D eigenvalue weighted by Crippen LogP contribution is 2.36. The van der Waals surface area contributed by atoms with Crippen molar-refractivity contribution >= 4 is 10.8 Å². The van der Waals surface area contributed by atoms with Crippen molar-refractivity contribution in [3.63, 3.8) is 0 Å². The molecule has 0 unspecified atom stereocenters. The van der Waals surface area contributed by atoms with E-state index in [4.69, 9.17) is 0 Å². The van der Waals surface area contributed by atoms with Crippen molar-refractivity contribution in [1.82, 2.24) is 0 Å². The molecular formula is C18H24O. The van der Waals surface area contributed by atoms with Crippen LogP contribution in [0, 0.1) is 0 Å². The molecule has 0 radical (unpaired) electrons. The second kappa shape index (κ2) is 4.64.